The fourth-order valence-electron chi connectivity index (χ4n) is 1.36. The predicted molar refractivity (Wildman–Crippen MR) is 59.0 cm³/mol. The maximum atomic E-state index is 13.7. The average Bonchev–Trinajstić information content (AvgIpc) is 2.30. The van der Waals surface area contributed by atoms with E-state index in [-0.39, 0.29) is 13.1 Å². The number of benzene rings is 1. The smallest absolute Gasteiger partial charge is 0.308 e. The third-order valence-corrected chi connectivity index (χ3v) is 2.26. The molecule has 0 radical (unpaired) electrons. The highest BCUT2D eigenvalue weighted by atomic mass is 19.1. The van der Waals surface area contributed by atoms with Crippen LogP contribution in [0.15, 0.2) is 12.1 Å². The zero-order valence-corrected chi connectivity index (χ0v) is 9.52. The van der Waals surface area contributed by atoms with Crippen LogP contribution in [-0.4, -0.2) is 35.9 Å². The third kappa shape index (κ3) is 2.77. The Hall–Kier alpha value is -2.09. The van der Waals surface area contributed by atoms with Crippen LogP contribution in [0.1, 0.15) is 10.4 Å². The van der Waals surface area contributed by atoms with Crippen LogP contribution in [0.2, 0.25) is 0 Å². The second kappa shape index (κ2) is 5.50. The molecule has 0 bridgehead atoms. The summed E-state index contributed by atoms with van der Waals surface area (Å²) in [6.45, 7) is 0.268. The van der Waals surface area contributed by atoms with Crippen LogP contribution in [0.3, 0.4) is 0 Å². The predicted octanol–water partition coefficient (Wildman–Crippen LogP) is 0.904. The molecule has 0 aliphatic heterocycles. The van der Waals surface area contributed by atoms with E-state index in [0.717, 1.165) is 4.90 Å². The summed E-state index contributed by atoms with van der Waals surface area (Å²) in [7, 11) is 1.34. The first-order chi connectivity index (χ1) is 8.38. The lowest BCUT2D eigenvalue weighted by Crippen LogP contribution is -2.32. The van der Waals surface area contributed by atoms with Gasteiger partial charge in [-0.3, -0.25) is 14.9 Å². The number of nitro benzene ring substituents is 1. The number of likely N-dealkylation sites (N-methyl/N-ethyl adjacent to an activating group) is 1. The van der Waals surface area contributed by atoms with Crippen LogP contribution < -0.4 is 5.73 Å². The van der Waals surface area contributed by atoms with E-state index in [1.54, 1.807) is 0 Å². The fraction of sp³-hybridized carbons (Fsp3) is 0.300. The molecular formula is C10H11F2N3O3. The molecule has 2 N–H and O–H groups in total. The first kappa shape index (κ1) is 14.0. The van der Waals surface area contributed by atoms with E-state index in [9.17, 15) is 23.7 Å². The summed E-state index contributed by atoms with van der Waals surface area (Å²) in [5.74, 6) is -3.26. The summed E-state index contributed by atoms with van der Waals surface area (Å²) in [6, 6.07) is 1.05. The Morgan fingerprint density at radius 2 is 2.11 bits per heavy atom. The highest BCUT2D eigenvalue weighted by molar-refractivity contribution is 5.95. The van der Waals surface area contributed by atoms with E-state index < -0.39 is 33.7 Å². The van der Waals surface area contributed by atoms with E-state index in [2.05, 4.69) is 0 Å². The highest BCUT2D eigenvalue weighted by Gasteiger charge is 2.25. The van der Waals surface area contributed by atoms with Crippen molar-refractivity contribution in [2.24, 2.45) is 5.73 Å². The van der Waals surface area contributed by atoms with Crippen molar-refractivity contribution in [3.05, 3.63) is 39.4 Å². The number of rotatable bonds is 4. The average molecular weight is 259 g/mol. The lowest BCUT2D eigenvalue weighted by molar-refractivity contribution is -0.387. The molecule has 0 saturated heterocycles. The maximum Gasteiger partial charge on any atom is 0.308 e. The number of hydrogen-bond acceptors (Lipinski definition) is 4. The maximum absolute atomic E-state index is 13.7. The van der Waals surface area contributed by atoms with Gasteiger partial charge < -0.3 is 10.6 Å². The zero-order valence-electron chi connectivity index (χ0n) is 9.52. The van der Waals surface area contributed by atoms with Crippen LogP contribution >= 0.6 is 0 Å². The number of nitrogens with zero attached hydrogens (tertiary/aromatic N) is 2. The number of nitrogens with two attached hydrogens (primary N) is 1. The largest absolute Gasteiger partial charge is 0.340 e. The summed E-state index contributed by atoms with van der Waals surface area (Å²) in [6.07, 6.45) is 0. The lowest BCUT2D eigenvalue weighted by Gasteiger charge is -2.16. The number of nitro groups is 1. The molecule has 0 atom stereocenters. The number of halogens is 2. The van der Waals surface area contributed by atoms with Gasteiger partial charge in [-0.25, -0.2) is 4.39 Å². The van der Waals surface area contributed by atoms with Crippen molar-refractivity contribution in [3.8, 4) is 0 Å². The molecule has 1 rings (SSSR count). The van der Waals surface area contributed by atoms with E-state index >= 15 is 0 Å². The molecule has 1 aromatic rings. The van der Waals surface area contributed by atoms with Crippen LogP contribution in [0.5, 0.6) is 0 Å². The van der Waals surface area contributed by atoms with Gasteiger partial charge in [-0.1, -0.05) is 0 Å². The van der Waals surface area contributed by atoms with Crippen molar-refractivity contribution in [3.63, 3.8) is 0 Å². The Labute approximate surface area is 101 Å². The molecular weight excluding hydrogens is 248 g/mol. The number of carbonyl (C=O) groups excluding carboxylic acids is 1. The van der Waals surface area contributed by atoms with Gasteiger partial charge in [0.2, 0.25) is 5.82 Å². The van der Waals surface area contributed by atoms with Gasteiger partial charge in [-0.15, -0.1) is 0 Å². The van der Waals surface area contributed by atoms with Crippen LogP contribution in [0.4, 0.5) is 14.5 Å². The highest BCUT2D eigenvalue weighted by Crippen LogP contribution is 2.23. The molecule has 1 aromatic carbocycles. The second-order valence-electron chi connectivity index (χ2n) is 3.56. The van der Waals surface area contributed by atoms with Crippen LogP contribution in [-0.2, 0) is 0 Å². The normalized spacial score (nSPS) is 10.2. The summed E-state index contributed by atoms with van der Waals surface area (Å²) < 4.78 is 26.8. The molecule has 0 aliphatic rings. The van der Waals surface area contributed by atoms with Gasteiger partial charge in [-0.05, 0) is 6.07 Å². The van der Waals surface area contributed by atoms with E-state index in [1.165, 1.54) is 7.05 Å². The Morgan fingerprint density at radius 1 is 1.50 bits per heavy atom. The molecule has 0 heterocycles. The number of carbonyl (C=O) groups is 1. The minimum atomic E-state index is -1.35. The Bertz CT molecular complexity index is 494. The van der Waals surface area contributed by atoms with Gasteiger partial charge in [0.25, 0.3) is 5.91 Å². The standard InChI is InChI=1S/C10H11F2N3O3/c1-14(3-2-13)10(16)7-4-6(11)5-8(9(7)12)15(17)18/h4-5H,2-3,13H2,1H3. The zero-order chi connectivity index (χ0) is 13.9. The SMILES string of the molecule is CN(CCN)C(=O)c1cc(F)cc([N+](=O)[O-])c1F. The summed E-state index contributed by atoms with van der Waals surface area (Å²) in [4.78, 5) is 22.2. The van der Waals surface area contributed by atoms with Crippen LogP contribution in [0, 0.1) is 21.7 Å². The summed E-state index contributed by atoms with van der Waals surface area (Å²) in [5, 5.41) is 10.5. The minimum absolute atomic E-state index is 0.128. The van der Waals surface area contributed by atoms with Crippen LogP contribution in [0.25, 0.3) is 0 Å². The third-order valence-electron chi connectivity index (χ3n) is 2.26. The number of amides is 1. The topological polar surface area (TPSA) is 89.5 Å². The van der Waals surface area contributed by atoms with Crippen molar-refractivity contribution in [1.29, 1.82) is 0 Å². The van der Waals surface area contributed by atoms with Gasteiger partial charge >= 0.3 is 5.69 Å². The van der Waals surface area contributed by atoms with Crippen molar-refractivity contribution < 1.29 is 18.5 Å². The Morgan fingerprint density at radius 3 is 2.61 bits per heavy atom. The minimum Gasteiger partial charge on any atom is -0.340 e. The molecule has 0 fully saturated rings. The van der Waals surface area contributed by atoms with Crippen molar-refractivity contribution >= 4 is 11.6 Å². The molecule has 0 aromatic heterocycles. The quantitative estimate of drug-likeness (QED) is 0.642. The lowest BCUT2D eigenvalue weighted by atomic mass is 10.1. The van der Waals surface area contributed by atoms with E-state index in [0.29, 0.717) is 12.1 Å². The van der Waals surface area contributed by atoms with Gasteiger partial charge in [0, 0.05) is 20.1 Å². The first-order valence-electron chi connectivity index (χ1n) is 4.97. The summed E-state index contributed by atoms with van der Waals surface area (Å²) in [5.41, 5.74) is 3.47. The van der Waals surface area contributed by atoms with Gasteiger partial charge in [0.05, 0.1) is 16.6 Å². The van der Waals surface area contributed by atoms with E-state index in [1.807, 2.05) is 0 Å². The molecule has 0 aliphatic carbocycles. The molecule has 1 amide bonds. The van der Waals surface area contributed by atoms with Crippen molar-refractivity contribution in [2.45, 2.75) is 0 Å². The fourth-order valence-corrected chi connectivity index (χ4v) is 1.36. The molecule has 0 saturated carbocycles. The molecule has 98 valence electrons. The monoisotopic (exact) mass is 259 g/mol. The van der Waals surface area contributed by atoms with Gasteiger partial charge in [0.1, 0.15) is 5.82 Å². The molecule has 18 heavy (non-hydrogen) atoms. The summed E-state index contributed by atoms with van der Waals surface area (Å²) >= 11 is 0. The van der Waals surface area contributed by atoms with Crippen molar-refractivity contribution in [1.82, 2.24) is 4.90 Å². The van der Waals surface area contributed by atoms with Crippen molar-refractivity contribution in [2.75, 3.05) is 20.1 Å². The molecule has 6 nitrogen and oxygen atoms in total. The van der Waals surface area contributed by atoms with Gasteiger partial charge in [0.15, 0.2) is 0 Å². The van der Waals surface area contributed by atoms with E-state index in [4.69, 9.17) is 5.73 Å². The Balaban J connectivity index is 3.24. The molecule has 0 unspecified atom stereocenters. The first-order valence-corrected chi connectivity index (χ1v) is 4.97. The second-order valence-corrected chi connectivity index (χ2v) is 3.56. The van der Waals surface area contributed by atoms with Gasteiger partial charge in [-0.2, -0.15) is 4.39 Å². The molecule has 8 heteroatoms. The Kier molecular flexibility index (Phi) is 4.27. The number of hydrogen-bond donors (Lipinski definition) is 1. The molecule has 0 spiro atoms.